The third kappa shape index (κ3) is 3.13. The Balaban J connectivity index is 1.65. The summed E-state index contributed by atoms with van der Waals surface area (Å²) in [6, 6.07) is 33.0. The van der Waals surface area contributed by atoms with Crippen LogP contribution >= 0.6 is 0 Å². The van der Waals surface area contributed by atoms with E-state index in [4.69, 9.17) is 0 Å². The van der Waals surface area contributed by atoms with Gasteiger partial charge in [-0.15, -0.1) is 0 Å². The molecular formula is C32H22N4. The van der Waals surface area contributed by atoms with Crippen LogP contribution in [0.5, 0.6) is 0 Å². The van der Waals surface area contributed by atoms with Crippen LogP contribution in [0.1, 0.15) is 29.3 Å². The molecule has 0 N–H and O–H groups in total. The van der Waals surface area contributed by atoms with Gasteiger partial charge in [-0.25, -0.2) is 0 Å². The molecule has 0 saturated carbocycles. The predicted octanol–water partition coefficient (Wildman–Crippen LogP) is 7.81. The number of nitrogens with zero attached hydrogens (tertiary/aromatic N) is 4. The first-order chi connectivity index (χ1) is 17.6. The van der Waals surface area contributed by atoms with Crippen molar-refractivity contribution in [3.8, 4) is 23.5 Å². The zero-order valence-corrected chi connectivity index (χ0v) is 20.0. The number of hydrogen-bond donors (Lipinski definition) is 0. The standard InChI is InChI=1S/C32H22N4/c1-3-7-26-21(2)35(30-11-5-4-10-27(26)30)24-8-6-9-25(18-24)36-31-14-12-22(19-33)16-28(31)29-17-23(20-34)13-15-32(29)36/h3-18H,1-2H3/b7-3-. The number of rotatable bonds is 3. The lowest BCUT2D eigenvalue weighted by molar-refractivity contribution is 1.04. The van der Waals surface area contributed by atoms with E-state index in [1.165, 1.54) is 22.2 Å². The van der Waals surface area contributed by atoms with E-state index in [0.29, 0.717) is 11.1 Å². The summed E-state index contributed by atoms with van der Waals surface area (Å²) in [6.45, 7) is 4.21. The third-order valence-corrected chi connectivity index (χ3v) is 6.86. The Bertz CT molecular complexity index is 1860. The Morgan fingerprint density at radius 2 is 1.22 bits per heavy atom. The molecule has 0 amide bonds. The van der Waals surface area contributed by atoms with Gasteiger partial charge in [0.2, 0.25) is 0 Å². The Labute approximate surface area is 209 Å². The van der Waals surface area contributed by atoms with E-state index in [1.54, 1.807) is 0 Å². The normalized spacial score (nSPS) is 11.4. The zero-order chi connectivity index (χ0) is 24.8. The fraction of sp³-hybridized carbons (Fsp3) is 0.0625. The molecule has 4 nitrogen and oxygen atoms in total. The van der Waals surface area contributed by atoms with E-state index >= 15 is 0 Å². The number of fused-ring (bicyclic) bond motifs is 4. The number of allylic oxidation sites excluding steroid dienone is 1. The van der Waals surface area contributed by atoms with Crippen LogP contribution < -0.4 is 0 Å². The number of para-hydroxylation sites is 1. The average Bonchev–Trinajstić information content (AvgIpc) is 3.39. The molecule has 2 aromatic heterocycles. The monoisotopic (exact) mass is 462 g/mol. The summed E-state index contributed by atoms with van der Waals surface area (Å²) in [7, 11) is 0. The largest absolute Gasteiger partial charge is 0.313 e. The van der Waals surface area contributed by atoms with E-state index in [9.17, 15) is 10.5 Å². The molecule has 170 valence electrons. The molecule has 2 heterocycles. The predicted molar refractivity (Wildman–Crippen MR) is 146 cm³/mol. The maximum Gasteiger partial charge on any atom is 0.0991 e. The molecule has 0 aliphatic rings. The summed E-state index contributed by atoms with van der Waals surface area (Å²) in [5.74, 6) is 0. The van der Waals surface area contributed by atoms with Crippen molar-refractivity contribution < 1.29 is 0 Å². The molecule has 4 heteroatoms. The maximum absolute atomic E-state index is 9.49. The minimum atomic E-state index is 0.601. The van der Waals surface area contributed by atoms with Crippen LogP contribution in [0, 0.1) is 29.6 Å². The van der Waals surface area contributed by atoms with Crippen molar-refractivity contribution in [2.24, 2.45) is 0 Å². The average molecular weight is 463 g/mol. The van der Waals surface area contributed by atoms with Gasteiger partial charge in [0.1, 0.15) is 0 Å². The van der Waals surface area contributed by atoms with Crippen LogP contribution in [0.15, 0.2) is 91.0 Å². The van der Waals surface area contributed by atoms with Crippen LogP contribution in [0.2, 0.25) is 0 Å². The van der Waals surface area contributed by atoms with Crippen LogP contribution in [-0.2, 0) is 0 Å². The van der Waals surface area contributed by atoms with E-state index in [1.807, 2.05) is 43.3 Å². The first-order valence-electron chi connectivity index (χ1n) is 11.9. The van der Waals surface area contributed by atoms with Crippen molar-refractivity contribution in [3.05, 3.63) is 113 Å². The molecule has 0 fully saturated rings. The van der Waals surface area contributed by atoms with Gasteiger partial charge in [0.25, 0.3) is 0 Å². The lowest BCUT2D eigenvalue weighted by Crippen LogP contribution is -2.00. The molecule has 0 atom stereocenters. The Morgan fingerprint density at radius 1 is 0.639 bits per heavy atom. The summed E-state index contributed by atoms with van der Waals surface area (Å²) in [5.41, 5.74) is 8.88. The van der Waals surface area contributed by atoms with Crippen LogP contribution in [0.4, 0.5) is 0 Å². The number of nitriles is 2. The highest BCUT2D eigenvalue weighted by Crippen LogP contribution is 2.35. The highest BCUT2D eigenvalue weighted by Gasteiger charge is 2.16. The van der Waals surface area contributed by atoms with E-state index in [2.05, 4.69) is 88.9 Å². The van der Waals surface area contributed by atoms with Gasteiger partial charge in [0, 0.05) is 38.8 Å². The molecular weight excluding hydrogens is 440 g/mol. The lowest BCUT2D eigenvalue weighted by Gasteiger charge is -2.13. The fourth-order valence-electron chi connectivity index (χ4n) is 5.31. The second-order valence-corrected chi connectivity index (χ2v) is 8.89. The molecule has 0 bridgehead atoms. The molecule has 0 saturated heterocycles. The molecule has 0 radical (unpaired) electrons. The lowest BCUT2D eigenvalue weighted by atomic mass is 10.1. The maximum atomic E-state index is 9.49. The molecule has 0 aliphatic carbocycles. The van der Waals surface area contributed by atoms with Gasteiger partial charge in [-0.2, -0.15) is 10.5 Å². The zero-order valence-electron chi connectivity index (χ0n) is 20.0. The minimum Gasteiger partial charge on any atom is -0.313 e. The summed E-state index contributed by atoms with van der Waals surface area (Å²) in [6.07, 6.45) is 4.25. The Morgan fingerprint density at radius 3 is 1.83 bits per heavy atom. The smallest absolute Gasteiger partial charge is 0.0991 e. The first-order valence-corrected chi connectivity index (χ1v) is 11.9. The fourth-order valence-corrected chi connectivity index (χ4v) is 5.31. The number of aromatic nitrogens is 2. The SMILES string of the molecule is C/C=C\c1c(C)n(-c2cccc(-n3c4ccc(C#N)cc4c4cc(C#N)ccc43)c2)c2ccccc12. The Kier molecular flexibility index (Phi) is 4.95. The summed E-state index contributed by atoms with van der Waals surface area (Å²) in [4.78, 5) is 0. The summed E-state index contributed by atoms with van der Waals surface area (Å²) >= 11 is 0. The Hall–Kier alpha value is -5.06. The van der Waals surface area contributed by atoms with Crippen molar-refractivity contribution in [2.45, 2.75) is 13.8 Å². The quantitative estimate of drug-likeness (QED) is 0.269. The van der Waals surface area contributed by atoms with Crippen molar-refractivity contribution in [1.29, 1.82) is 10.5 Å². The van der Waals surface area contributed by atoms with E-state index in [-0.39, 0.29) is 0 Å². The first kappa shape index (κ1) is 21.5. The third-order valence-electron chi connectivity index (χ3n) is 6.86. The van der Waals surface area contributed by atoms with Crippen molar-refractivity contribution in [3.63, 3.8) is 0 Å². The highest BCUT2D eigenvalue weighted by atomic mass is 15.0. The van der Waals surface area contributed by atoms with E-state index < -0.39 is 0 Å². The molecule has 4 aromatic carbocycles. The van der Waals surface area contributed by atoms with Crippen LogP contribution in [0.25, 0.3) is 50.2 Å². The second kappa shape index (κ2) is 8.31. The van der Waals surface area contributed by atoms with Gasteiger partial charge in [-0.05, 0) is 74.5 Å². The van der Waals surface area contributed by atoms with Crippen molar-refractivity contribution in [1.82, 2.24) is 9.13 Å². The van der Waals surface area contributed by atoms with Crippen molar-refractivity contribution in [2.75, 3.05) is 0 Å². The molecule has 0 aliphatic heterocycles. The highest BCUT2D eigenvalue weighted by molar-refractivity contribution is 6.10. The summed E-state index contributed by atoms with van der Waals surface area (Å²) < 4.78 is 4.52. The second-order valence-electron chi connectivity index (χ2n) is 8.89. The number of hydrogen-bond acceptors (Lipinski definition) is 2. The van der Waals surface area contributed by atoms with Crippen LogP contribution in [0.3, 0.4) is 0 Å². The molecule has 6 aromatic rings. The van der Waals surface area contributed by atoms with Gasteiger partial charge >= 0.3 is 0 Å². The molecule has 36 heavy (non-hydrogen) atoms. The van der Waals surface area contributed by atoms with Gasteiger partial charge in [0.15, 0.2) is 0 Å². The van der Waals surface area contributed by atoms with Crippen LogP contribution in [-0.4, -0.2) is 9.13 Å². The van der Waals surface area contributed by atoms with Gasteiger partial charge in [0.05, 0.1) is 39.8 Å². The number of benzene rings is 4. The van der Waals surface area contributed by atoms with E-state index in [0.717, 1.165) is 33.2 Å². The molecule has 0 unspecified atom stereocenters. The van der Waals surface area contributed by atoms with Crippen molar-refractivity contribution >= 4 is 38.8 Å². The topological polar surface area (TPSA) is 57.4 Å². The van der Waals surface area contributed by atoms with Gasteiger partial charge in [-0.3, -0.25) is 0 Å². The minimum absolute atomic E-state index is 0.601. The molecule has 0 spiro atoms. The van der Waals surface area contributed by atoms with Gasteiger partial charge < -0.3 is 9.13 Å². The summed E-state index contributed by atoms with van der Waals surface area (Å²) in [5, 5.41) is 22.1. The molecule has 6 rings (SSSR count). The van der Waals surface area contributed by atoms with Gasteiger partial charge in [-0.1, -0.05) is 36.4 Å².